The van der Waals surface area contributed by atoms with Crippen molar-refractivity contribution in [1.29, 1.82) is 0 Å². The minimum Gasteiger partial charge on any atom is -0.341 e. The molecule has 0 aromatic heterocycles. The largest absolute Gasteiger partial charge is 0.341 e. The lowest BCUT2D eigenvalue weighted by Gasteiger charge is -2.35. The Hall–Kier alpha value is -0.170. The summed E-state index contributed by atoms with van der Waals surface area (Å²) in [5.41, 5.74) is 0. The van der Waals surface area contributed by atoms with Gasteiger partial charge in [-0.1, -0.05) is 13.8 Å². The highest BCUT2D eigenvalue weighted by Crippen LogP contribution is 2.27. The van der Waals surface area contributed by atoms with E-state index in [0.717, 1.165) is 32.5 Å². The lowest BCUT2D eigenvalue weighted by molar-refractivity contribution is -0.135. The minimum atomic E-state index is -2.73. The molecule has 0 aromatic rings. The summed E-state index contributed by atoms with van der Waals surface area (Å²) in [5.74, 6) is -2.26. The van der Waals surface area contributed by atoms with Crippen molar-refractivity contribution in [2.24, 2.45) is 5.92 Å². The van der Waals surface area contributed by atoms with E-state index in [1.807, 2.05) is 0 Å². The fourth-order valence-electron chi connectivity index (χ4n) is 3.29. The molecule has 4 nitrogen and oxygen atoms in total. The van der Waals surface area contributed by atoms with E-state index in [1.54, 1.807) is 4.90 Å². The van der Waals surface area contributed by atoms with Gasteiger partial charge in [0.05, 0.1) is 12.6 Å². The van der Waals surface area contributed by atoms with Crippen LogP contribution in [0.2, 0.25) is 0 Å². The highest BCUT2D eigenvalue weighted by atomic mass is 35.5. The number of likely N-dealkylation sites (tertiary alicyclic amines) is 1. The van der Waals surface area contributed by atoms with Crippen molar-refractivity contribution in [3.63, 3.8) is 0 Å². The molecule has 2 aliphatic heterocycles. The first-order chi connectivity index (χ1) is 9.95. The number of nitrogens with one attached hydrogen (secondary N) is 1. The van der Waals surface area contributed by atoms with Crippen LogP contribution in [0.5, 0.6) is 0 Å². The number of rotatable bonds is 5. The number of hydrogen-bond acceptors (Lipinski definition) is 3. The van der Waals surface area contributed by atoms with Crippen LogP contribution >= 0.6 is 24.8 Å². The molecule has 1 amide bonds. The van der Waals surface area contributed by atoms with E-state index in [0.29, 0.717) is 19.0 Å². The molecule has 0 aromatic carbocycles. The first kappa shape index (κ1) is 22.8. The smallest absolute Gasteiger partial charge is 0.262 e. The second-order valence-electron chi connectivity index (χ2n) is 6.25. The van der Waals surface area contributed by atoms with Crippen molar-refractivity contribution in [3.8, 4) is 0 Å². The lowest BCUT2D eigenvalue weighted by Crippen LogP contribution is -2.48. The predicted molar refractivity (Wildman–Crippen MR) is 92.9 cm³/mol. The topological polar surface area (TPSA) is 35.6 Å². The summed E-state index contributed by atoms with van der Waals surface area (Å²) in [6.07, 6.45) is 1.60. The standard InChI is InChI=1S/C15H27F2N3O.2ClH/c1-3-19(4-2)10-12-5-7-20(8-6-12)14(21)13-9-15(16,17)11-18-13;;/h12-13,18H,3-11H2,1-2H3;2*1H. The van der Waals surface area contributed by atoms with Gasteiger partial charge in [-0.05, 0) is 31.8 Å². The third kappa shape index (κ3) is 6.33. The van der Waals surface area contributed by atoms with E-state index in [1.165, 1.54) is 0 Å². The molecule has 2 aliphatic rings. The summed E-state index contributed by atoms with van der Waals surface area (Å²) < 4.78 is 26.3. The molecule has 2 heterocycles. The first-order valence-corrected chi connectivity index (χ1v) is 8.07. The second kappa shape index (κ2) is 9.97. The molecule has 2 fully saturated rings. The molecule has 0 aliphatic carbocycles. The van der Waals surface area contributed by atoms with Crippen molar-refractivity contribution in [2.45, 2.75) is 45.1 Å². The summed E-state index contributed by atoms with van der Waals surface area (Å²) in [7, 11) is 0. The van der Waals surface area contributed by atoms with Crippen LogP contribution in [-0.4, -0.2) is 66.9 Å². The zero-order chi connectivity index (χ0) is 15.5. The summed E-state index contributed by atoms with van der Waals surface area (Å²) in [5, 5.41) is 2.66. The van der Waals surface area contributed by atoms with Crippen molar-refractivity contribution in [1.82, 2.24) is 15.1 Å². The van der Waals surface area contributed by atoms with Gasteiger partial charge in [0.1, 0.15) is 0 Å². The molecule has 0 bridgehead atoms. The van der Waals surface area contributed by atoms with Crippen molar-refractivity contribution in [3.05, 3.63) is 0 Å². The van der Waals surface area contributed by atoms with Crippen LogP contribution in [0.25, 0.3) is 0 Å². The van der Waals surface area contributed by atoms with Gasteiger partial charge < -0.3 is 9.80 Å². The van der Waals surface area contributed by atoms with Gasteiger partial charge in [0, 0.05) is 26.1 Å². The van der Waals surface area contributed by atoms with Crippen molar-refractivity contribution in [2.75, 3.05) is 39.3 Å². The highest BCUT2D eigenvalue weighted by molar-refractivity contribution is 5.85. The number of hydrogen-bond donors (Lipinski definition) is 1. The second-order valence-corrected chi connectivity index (χ2v) is 6.25. The molecular weight excluding hydrogens is 347 g/mol. The van der Waals surface area contributed by atoms with E-state index in [4.69, 9.17) is 0 Å². The van der Waals surface area contributed by atoms with E-state index < -0.39 is 12.0 Å². The van der Waals surface area contributed by atoms with Crippen LogP contribution in [0.4, 0.5) is 8.78 Å². The minimum absolute atomic E-state index is 0. The molecule has 1 N–H and O–H groups in total. The molecule has 138 valence electrons. The van der Waals surface area contributed by atoms with Gasteiger partial charge in [0.15, 0.2) is 0 Å². The zero-order valence-corrected chi connectivity index (χ0v) is 15.5. The average molecular weight is 376 g/mol. The maximum absolute atomic E-state index is 13.2. The monoisotopic (exact) mass is 375 g/mol. The molecule has 0 radical (unpaired) electrons. The lowest BCUT2D eigenvalue weighted by atomic mass is 9.95. The van der Waals surface area contributed by atoms with Gasteiger partial charge in [0.2, 0.25) is 5.91 Å². The Kier molecular flexibility index (Phi) is 9.89. The normalized spacial score (nSPS) is 24.2. The quantitative estimate of drug-likeness (QED) is 0.801. The fraction of sp³-hybridized carbons (Fsp3) is 0.933. The molecule has 1 unspecified atom stereocenters. The fourth-order valence-corrected chi connectivity index (χ4v) is 3.29. The van der Waals surface area contributed by atoms with Gasteiger partial charge in [-0.2, -0.15) is 0 Å². The molecule has 8 heteroatoms. The van der Waals surface area contributed by atoms with Crippen LogP contribution in [-0.2, 0) is 4.79 Å². The first-order valence-electron chi connectivity index (χ1n) is 8.07. The van der Waals surface area contributed by atoms with E-state index in [2.05, 4.69) is 24.1 Å². The van der Waals surface area contributed by atoms with Crippen LogP contribution in [0.15, 0.2) is 0 Å². The molecule has 0 saturated carbocycles. The van der Waals surface area contributed by atoms with Gasteiger partial charge in [-0.25, -0.2) is 8.78 Å². The maximum Gasteiger partial charge on any atom is 0.262 e. The Bertz CT molecular complexity index is 363. The van der Waals surface area contributed by atoms with Crippen LogP contribution in [0.1, 0.15) is 33.1 Å². The Morgan fingerprint density at radius 2 is 1.78 bits per heavy atom. The number of amides is 1. The van der Waals surface area contributed by atoms with Crippen LogP contribution in [0, 0.1) is 5.92 Å². The SMILES string of the molecule is CCN(CC)CC1CCN(C(=O)C2CC(F)(F)CN2)CC1.Cl.Cl. The molecule has 2 rings (SSSR count). The number of alkyl halides is 2. The molecule has 2 saturated heterocycles. The van der Waals surface area contributed by atoms with Gasteiger partial charge in [-0.15, -0.1) is 24.8 Å². The van der Waals surface area contributed by atoms with E-state index >= 15 is 0 Å². The Balaban J connectivity index is 0.00000242. The summed E-state index contributed by atoms with van der Waals surface area (Å²) in [4.78, 5) is 16.4. The molecular formula is C15H29Cl2F2N3O. The van der Waals surface area contributed by atoms with Crippen molar-refractivity contribution < 1.29 is 13.6 Å². The number of carbonyl (C=O) groups excluding carboxylic acids is 1. The predicted octanol–water partition coefficient (Wildman–Crippen LogP) is 2.41. The van der Waals surface area contributed by atoms with Gasteiger partial charge in [-0.3, -0.25) is 10.1 Å². The van der Waals surface area contributed by atoms with Gasteiger partial charge in [0.25, 0.3) is 5.92 Å². The Morgan fingerprint density at radius 3 is 2.22 bits per heavy atom. The number of carbonyl (C=O) groups is 1. The van der Waals surface area contributed by atoms with Crippen LogP contribution < -0.4 is 5.32 Å². The summed E-state index contributed by atoms with van der Waals surface area (Å²) in [6.45, 7) is 8.54. The zero-order valence-electron chi connectivity index (χ0n) is 13.9. The van der Waals surface area contributed by atoms with Crippen molar-refractivity contribution >= 4 is 30.7 Å². The summed E-state index contributed by atoms with van der Waals surface area (Å²) >= 11 is 0. The van der Waals surface area contributed by atoms with E-state index in [-0.39, 0.29) is 43.7 Å². The van der Waals surface area contributed by atoms with Crippen LogP contribution in [0.3, 0.4) is 0 Å². The number of piperidine rings is 1. The van der Waals surface area contributed by atoms with Gasteiger partial charge >= 0.3 is 0 Å². The third-order valence-corrected chi connectivity index (χ3v) is 4.74. The number of nitrogens with zero attached hydrogens (tertiary/aromatic N) is 2. The van der Waals surface area contributed by atoms with E-state index in [9.17, 15) is 13.6 Å². The average Bonchev–Trinajstić information content (AvgIpc) is 2.85. The molecule has 23 heavy (non-hydrogen) atoms. The highest BCUT2D eigenvalue weighted by Gasteiger charge is 2.43. The number of halogens is 4. The molecule has 1 atom stereocenters. The maximum atomic E-state index is 13.2. The molecule has 0 spiro atoms. The third-order valence-electron chi connectivity index (χ3n) is 4.74. The summed E-state index contributed by atoms with van der Waals surface area (Å²) in [6, 6.07) is -0.695. The Morgan fingerprint density at radius 1 is 1.22 bits per heavy atom. The Labute approximate surface area is 150 Å².